The van der Waals surface area contributed by atoms with E-state index in [1.54, 1.807) is 0 Å². The second-order valence-corrected chi connectivity index (χ2v) is 3.89. The Morgan fingerprint density at radius 1 is 0.941 bits per heavy atom. The Balaban J connectivity index is 2.35. The minimum Gasteiger partial charge on any atom is -0.383 e. The van der Waals surface area contributed by atoms with Crippen LogP contribution in [-0.2, 0) is 9.47 Å². The Labute approximate surface area is 101 Å². The van der Waals surface area contributed by atoms with Crippen molar-refractivity contribution in [3.05, 3.63) is 48.0 Å². The van der Waals surface area contributed by atoms with E-state index in [1.165, 1.54) is 14.2 Å². The molecule has 0 heterocycles. The number of aliphatic hydroxyl groups excluding tert-OH is 1. The summed E-state index contributed by atoms with van der Waals surface area (Å²) in [6, 6.07) is 13.8. The smallest absolute Gasteiger partial charge is 0.187 e. The molecule has 0 fully saturated rings. The van der Waals surface area contributed by atoms with Gasteiger partial charge in [-0.3, -0.25) is 0 Å². The molecule has 2 rings (SSSR count). The summed E-state index contributed by atoms with van der Waals surface area (Å²) in [7, 11) is 3.02. The molecule has 0 saturated heterocycles. The number of aliphatic hydroxyl groups is 1. The molecule has 0 saturated carbocycles. The van der Waals surface area contributed by atoms with Gasteiger partial charge < -0.3 is 14.6 Å². The van der Waals surface area contributed by atoms with Gasteiger partial charge in [-0.05, 0) is 22.4 Å². The maximum Gasteiger partial charge on any atom is 0.187 e. The van der Waals surface area contributed by atoms with Crippen molar-refractivity contribution in [2.24, 2.45) is 0 Å². The number of benzene rings is 2. The van der Waals surface area contributed by atoms with Crippen molar-refractivity contribution in [2.45, 2.75) is 12.4 Å². The van der Waals surface area contributed by atoms with E-state index in [1.807, 2.05) is 42.5 Å². The summed E-state index contributed by atoms with van der Waals surface area (Å²) in [4.78, 5) is 0. The largest absolute Gasteiger partial charge is 0.383 e. The molecule has 0 aliphatic rings. The number of fused-ring (bicyclic) bond motifs is 1. The summed E-state index contributed by atoms with van der Waals surface area (Å²) >= 11 is 0. The molecule has 1 N–H and O–H groups in total. The first kappa shape index (κ1) is 12.0. The number of ether oxygens (including phenoxy) is 2. The van der Waals surface area contributed by atoms with Crippen molar-refractivity contribution in [1.82, 2.24) is 0 Å². The third-order valence-electron chi connectivity index (χ3n) is 2.84. The molecular weight excluding hydrogens is 216 g/mol. The Bertz CT molecular complexity index is 492. The third-order valence-corrected chi connectivity index (χ3v) is 2.84. The quantitative estimate of drug-likeness (QED) is 0.823. The summed E-state index contributed by atoms with van der Waals surface area (Å²) < 4.78 is 10.1. The standard InChI is InChI=1S/C14H16O3/c1-16-14(17-2)13(15)12-8-7-10-5-3-4-6-11(10)9-12/h3-9,13-15H,1-2H3/t13-/m0/s1. The molecule has 2 aromatic rings. The minimum atomic E-state index is -0.783. The van der Waals surface area contributed by atoms with Gasteiger partial charge in [-0.25, -0.2) is 0 Å². The van der Waals surface area contributed by atoms with Crippen LogP contribution in [-0.4, -0.2) is 25.6 Å². The maximum absolute atomic E-state index is 10.1. The average molecular weight is 232 g/mol. The van der Waals surface area contributed by atoms with Gasteiger partial charge in [-0.2, -0.15) is 0 Å². The first-order chi connectivity index (χ1) is 8.26. The van der Waals surface area contributed by atoms with E-state index in [-0.39, 0.29) is 0 Å². The Hall–Kier alpha value is -1.42. The van der Waals surface area contributed by atoms with Crippen LogP contribution in [0.1, 0.15) is 11.7 Å². The van der Waals surface area contributed by atoms with Crippen molar-refractivity contribution < 1.29 is 14.6 Å². The fourth-order valence-electron chi connectivity index (χ4n) is 1.90. The SMILES string of the molecule is COC(OC)[C@@H](O)c1ccc2ccccc2c1. The lowest BCUT2D eigenvalue weighted by atomic mass is 10.0. The van der Waals surface area contributed by atoms with E-state index in [4.69, 9.17) is 9.47 Å². The summed E-state index contributed by atoms with van der Waals surface area (Å²) in [6.07, 6.45) is -1.43. The molecule has 17 heavy (non-hydrogen) atoms. The van der Waals surface area contributed by atoms with Gasteiger partial charge in [0.25, 0.3) is 0 Å². The van der Waals surface area contributed by atoms with Crippen LogP contribution in [0.3, 0.4) is 0 Å². The molecule has 0 bridgehead atoms. The van der Waals surface area contributed by atoms with Crippen molar-refractivity contribution in [3.8, 4) is 0 Å². The topological polar surface area (TPSA) is 38.7 Å². The highest BCUT2D eigenvalue weighted by atomic mass is 16.7. The Morgan fingerprint density at radius 3 is 2.24 bits per heavy atom. The second kappa shape index (κ2) is 5.27. The highest BCUT2D eigenvalue weighted by Crippen LogP contribution is 2.23. The van der Waals surface area contributed by atoms with E-state index >= 15 is 0 Å². The van der Waals surface area contributed by atoms with Gasteiger partial charge in [-0.15, -0.1) is 0 Å². The molecule has 1 atom stereocenters. The minimum absolute atomic E-state index is 0.642. The molecule has 0 amide bonds. The zero-order valence-corrected chi connectivity index (χ0v) is 9.96. The van der Waals surface area contributed by atoms with Crippen LogP contribution in [0.25, 0.3) is 10.8 Å². The summed E-state index contributed by atoms with van der Waals surface area (Å²) in [5.74, 6) is 0. The molecule has 0 spiro atoms. The van der Waals surface area contributed by atoms with Gasteiger partial charge in [0.1, 0.15) is 6.10 Å². The molecule has 90 valence electrons. The molecule has 0 unspecified atom stereocenters. The molecule has 0 aromatic heterocycles. The van der Waals surface area contributed by atoms with Crippen LogP contribution >= 0.6 is 0 Å². The highest BCUT2D eigenvalue weighted by molar-refractivity contribution is 5.83. The molecule has 3 heteroatoms. The molecule has 0 aliphatic carbocycles. The molecule has 0 aliphatic heterocycles. The number of rotatable bonds is 4. The maximum atomic E-state index is 10.1. The van der Waals surface area contributed by atoms with E-state index in [0.717, 1.165) is 16.3 Å². The summed E-state index contributed by atoms with van der Waals surface area (Å²) in [5.41, 5.74) is 0.789. The first-order valence-electron chi connectivity index (χ1n) is 5.48. The van der Waals surface area contributed by atoms with E-state index < -0.39 is 12.4 Å². The molecule has 0 radical (unpaired) electrons. The summed E-state index contributed by atoms with van der Waals surface area (Å²) in [5, 5.41) is 12.3. The third kappa shape index (κ3) is 2.47. The number of methoxy groups -OCH3 is 2. The van der Waals surface area contributed by atoms with Gasteiger partial charge in [0.2, 0.25) is 0 Å². The monoisotopic (exact) mass is 232 g/mol. The van der Waals surface area contributed by atoms with E-state index in [2.05, 4.69) is 0 Å². The van der Waals surface area contributed by atoms with Crippen LogP contribution < -0.4 is 0 Å². The first-order valence-corrected chi connectivity index (χ1v) is 5.48. The Kier molecular flexibility index (Phi) is 3.74. The fraction of sp³-hybridized carbons (Fsp3) is 0.286. The molecule has 3 nitrogen and oxygen atoms in total. The van der Waals surface area contributed by atoms with Crippen molar-refractivity contribution >= 4 is 10.8 Å². The van der Waals surface area contributed by atoms with Crippen LogP contribution in [0, 0.1) is 0 Å². The zero-order chi connectivity index (χ0) is 12.3. The van der Waals surface area contributed by atoms with Crippen molar-refractivity contribution in [3.63, 3.8) is 0 Å². The van der Waals surface area contributed by atoms with Gasteiger partial charge in [0.05, 0.1) is 0 Å². The lowest BCUT2D eigenvalue weighted by Gasteiger charge is -2.20. The van der Waals surface area contributed by atoms with Crippen molar-refractivity contribution in [1.29, 1.82) is 0 Å². The summed E-state index contributed by atoms with van der Waals surface area (Å²) in [6.45, 7) is 0. The van der Waals surface area contributed by atoms with Gasteiger partial charge in [-0.1, -0.05) is 36.4 Å². The highest BCUT2D eigenvalue weighted by Gasteiger charge is 2.19. The number of hydrogen-bond acceptors (Lipinski definition) is 3. The second-order valence-electron chi connectivity index (χ2n) is 3.89. The molecule has 2 aromatic carbocycles. The predicted molar refractivity (Wildman–Crippen MR) is 66.7 cm³/mol. The normalized spacial score (nSPS) is 13.2. The lowest BCUT2D eigenvalue weighted by Crippen LogP contribution is -2.22. The number of hydrogen-bond donors (Lipinski definition) is 1. The van der Waals surface area contributed by atoms with Gasteiger partial charge >= 0.3 is 0 Å². The average Bonchev–Trinajstić information content (AvgIpc) is 2.39. The van der Waals surface area contributed by atoms with Gasteiger partial charge in [0.15, 0.2) is 6.29 Å². The fourth-order valence-corrected chi connectivity index (χ4v) is 1.90. The molecular formula is C14H16O3. The van der Waals surface area contributed by atoms with Crippen LogP contribution in [0.4, 0.5) is 0 Å². The van der Waals surface area contributed by atoms with Crippen molar-refractivity contribution in [2.75, 3.05) is 14.2 Å². The lowest BCUT2D eigenvalue weighted by molar-refractivity contribution is -0.166. The van der Waals surface area contributed by atoms with E-state index in [0.29, 0.717) is 0 Å². The zero-order valence-electron chi connectivity index (χ0n) is 9.96. The predicted octanol–water partition coefficient (Wildman–Crippen LogP) is 2.49. The van der Waals surface area contributed by atoms with Crippen LogP contribution in [0.5, 0.6) is 0 Å². The van der Waals surface area contributed by atoms with E-state index in [9.17, 15) is 5.11 Å². The Morgan fingerprint density at radius 2 is 1.59 bits per heavy atom. The van der Waals surface area contributed by atoms with Gasteiger partial charge in [0, 0.05) is 14.2 Å². The van der Waals surface area contributed by atoms with Crippen LogP contribution in [0.2, 0.25) is 0 Å². The van der Waals surface area contributed by atoms with Crippen LogP contribution in [0.15, 0.2) is 42.5 Å².